The number of aromatic carboxylic acids is 1. The van der Waals surface area contributed by atoms with Crippen LogP contribution in [-0.2, 0) is 4.74 Å². The van der Waals surface area contributed by atoms with Crippen molar-refractivity contribution in [2.45, 2.75) is 5.92 Å². The van der Waals surface area contributed by atoms with Crippen LogP contribution < -0.4 is 5.32 Å². The van der Waals surface area contributed by atoms with Crippen molar-refractivity contribution in [3.8, 4) is 11.1 Å². The first-order valence-corrected chi connectivity index (χ1v) is 9.29. The standard InChI is InChI=1S/C20H13Cl2N3O4/c21-16-17(22)24-18(15(23-16)19(26)27)25-20(28)29-9-14-12-7-3-1-5-10(12)11-6-2-4-8-13(11)14/h1-8,14H,9H2,(H,26,27)(H,24,25,28). The van der Waals surface area contributed by atoms with Crippen molar-refractivity contribution >= 4 is 41.1 Å². The van der Waals surface area contributed by atoms with E-state index in [-0.39, 0.29) is 28.6 Å². The Labute approximate surface area is 175 Å². The Morgan fingerprint density at radius 2 is 1.52 bits per heavy atom. The van der Waals surface area contributed by atoms with Crippen LogP contribution in [0, 0.1) is 0 Å². The Kier molecular flexibility index (Phi) is 5.08. The maximum Gasteiger partial charge on any atom is 0.412 e. The van der Waals surface area contributed by atoms with E-state index in [9.17, 15) is 14.7 Å². The average Bonchev–Trinajstić information content (AvgIpc) is 3.03. The van der Waals surface area contributed by atoms with Crippen LogP contribution in [0.25, 0.3) is 11.1 Å². The largest absolute Gasteiger partial charge is 0.476 e. The molecule has 1 aliphatic rings. The van der Waals surface area contributed by atoms with Crippen molar-refractivity contribution in [1.29, 1.82) is 0 Å². The number of fused-ring (bicyclic) bond motifs is 3. The van der Waals surface area contributed by atoms with Crippen molar-refractivity contribution in [3.05, 3.63) is 75.7 Å². The molecule has 0 fully saturated rings. The number of benzene rings is 2. The van der Waals surface area contributed by atoms with E-state index in [0.717, 1.165) is 22.3 Å². The molecule has 2 N–H and O–H groups in total. The van der Waals surface area contributed by atoms with Crippen molar-refractivity contribution in [3.63, 3.8) is 0 Å². The molecule has 0 radical (unpaired) electrons. The summed E-state index contributed by atoms with van der Waals surface area (Å²) in [6.45, 7) is 0.0665. The van der Waals surface area contributed by atoms with E-state index in [0.29, 0.717) is 0 Å². The third kappa shape index (κ3) is 3.62. The molecule has 0 bridgehead atoms. The third-order valence-corrected chi connectivity index (χ3v) is 5.20. The molecule has 0 saturated carbocycles. The van der Waals surface area contributed by atoms with Crippen LogP contribution in [0.1, 0.15) is 27.5 Å². The summed E-state index contributed by atoms with van der Waals surface area (Å²) in [7, 11) is 0. The third-order valence-electron chi connectivity index (χ3n) is 4.58. The number of anilines is 1. The minimum atomic E-state index is -1.41. The highest BCUT2D eigenvalue weighted by atomic mass is 35.5. The maximum atomic E-state index is 12.3. The Bertz CT molecular complexity index is 1090. The summed E-state index contributed by atoms with van der Waals surface area (Å²) in [6.07, 6.45) is -0.873. The van der Waals surface area contributed by atoms with Gasteiger partial charge in [-0.2, -0.15) is 0 Å². The first-order chi connectivity index (χ1) is 14.0. The SMILES string of the molecule is O=C(Nc1nc(Cl)c(Cl)nc1C(=O)O)OCC1c2ccccc2-c2ccccc21. The smallest absolute Gasteiger partial charge is 0.412 e. The average molecular weight is 430 g/mol. The van der Waals surface area contributed by atoms with E-state index < -0.39 is 17.8 Å². The molecule has 0 atom stereocenters. The van der Waals surface area contributed by atoms with Crippen molar-refractivity contribution in [2.75, 3.05) is 11.9 Å². The lowest BCUT2D eigenvalue weighted by atomic mass is 9.98. The van der Waals surface area contributed by atoms with Gasteiger partial charge in [0.05, 0.1) is 0 Å². The van der Waals surface area contributed by atoms with Gasteiger partial charge in [0.15, 0.2) is 21.8 Å². The summed E-state index contributed by atoms with van der Waals surface area (Å²) in [5, 5.41) is 11.0. The molecule has 4 rings (SSSR count). The molecular formula is C20H13Cl2N3O4. The second kappa shape index (κ2) is 7.69. The molecule has 0 spiro atoms. The fraction of sp³-hybridized carbons (Fsp3) is 0.100. The number of ether oxygens (including phenoxy) is 1. The number of hydrogen-bond donors (Lipinski definition) is 2. The van der Waals surface area contributed by atoms with Crippen LogP contribution in [0.5, 0.6) is 0 Å². The van der Waals surface area contributed by atoms with E-state index in [1.807, 2.05) is 48.5 Å². The van der Waals surface area contributed by atoms with E-state index in [4.69, 9.17) is 27.9 Å². The van der Waals surface area contributed by atoms with Crippen LogP contribution in [0.2, 0.25) is 10.3 Å². The number of nitrogens with zero attached hydrogens (tertiary/aromatic N) is 2. The van der Waals surface area contributed by atoms with Crippen LogP contribution in [0.15, 0.2) is 48.5 Å². The molecule has 7 nitrogen and oxygen atoms in total. The minimum absolute atomic E-state index is 0.0665. The lowest BCUT2D eigenvalue weighted by Gasteiger charge is -2.15. The molecule has 1 heterocycles. The number of hydrogen-bond acceptors (Lipinski definition) is 5. The molecule has 3 aromatic rings. The molecule has 1 amide bonds. The van der Waals surface area contributed by atoms with Crippen molar-refractivity contribution < 1.29 is 19.4 Å². The van der Waals surface area contributed by atoms with Gasteiger partial charge < -0.3 is 9.84 Å². The Balaban J connectivity index is 1.53. The van der Waals surface area contributed by atoms with Gasteiger partial charge >= 0.3 is 12.1 Å². The van der Waals surface area contributed by atoms with Gasteiger partial charge in [-0.1, -0.05) is 71.7 Å². The molecule has 0 unspecified atom stereocenters. The zero-order chi connectivity index (χ0) is 20.5. The number of rotatable bonds is 4. The fourth-order valence-electron chi connectivity index (χ4n) is 3.36. The van der Waals surface area contributed by atoms with Crippen molar-refractivity contribution in [2.24, 2.45) is 0 Å². The Morgan fingerprint density at radius 1 is 0.966 bits per heavy atom. The number of carboxylic acids is 1. The first-order valence-electron chi connectivity index (χ1n) is 8.54. The van der Waals surface area contributed by atoms with Gasteiger partial charge in [0.2, 0.25) is 0 Å². The number of carbonyl (C=O) groups excluding carboxylic acids is 1. The molecule has 2 aromatic carbocycles. The Hall–Kier alpha value is -3.16. The van der Waals surface area contributed by atoms with Gasteiger partial charge in [0, 0.05) is 5.92 Å². The number of halogens is 2. The number of amides is 1. The van der Waals surface area contributed by atoms with E-state index in [1.54, 1.807) is 0 Å². The fourth-order valence-corrected chi connectivity index (χ4v) is 3.62. The molecule has 0 aliphatic heterocycles. The molecule has 146 valence electrons. The monoisotopic (exact) mass is 429 g/mol. The van der Waals surface area contributed by atoms with Gasteiger partial charge in [0.25, 0.3) is 0 Å². The van der Waals surface area contributed by atoms with Crippen LogP contribution >= 0.6 is 23.2 Å². The van der Waals surface area contributed by atoms with Gasteiger partial charge in [-0.3, -0.25) is 5.32 Å². The molecular weight excluding hydrogens is 417 g/mol. The predicted octanol–water partition coefficient (Wildman–Crippen LogP) is 4.84. The van der Waals surface area contributed by atoms with Crippen LogP contribution in [0.3, 0.4) is 0 Å². The van der Waals surface area contributed by atoms with Gasteiger partial charge in [-0.05, 0) is 22.3 Å². The quantitative estimate of drug-likeness (QED) is 0.614. The molecule has 9 heteroatoms. The van der Waals surface area contributed by atoms with Crippen LogP contribution in [-0.4, -0.2) is 33.7 Å². The first kappa shape index (κ1) is 19.2. The highest BCUT2D eigenvalue weighted by Crippen LogP contribution is 2.44. The maximum absolute atomic E-state index is 12.3. The van der Waals surface area contributed by atoms with Crippen molar-refractivity contribution in [1.82, 2.24) is 9.97 Å². The normalized spacial score (nSPS) is 12.2. The number of carbonyl (C=O) groups is 2. The summed E-state index contributed by atoms with van der Waals surface area (Å²) in [6, 6.07) is 15.8. The second-order valence-corrected chi connectivity index (χ2v) is 6.97. The zero-order valence-electron chi connectivity index (χ0n) is 14.7. The Morgan fingerprint density at radius 3 is 2.10 bits per heavy atom. The molecule has 1 aromatic heterocycles. The summed E-state index contributed by atoms with van der Waals surface area (Å²) in [4.78, 5) is 31.0. The van der Waals surface area contributed by atoms with E-state index in [2.05, 4.69) is 15.3 Å². The van der Waals surface area contributed by atoms with Gasteiger partial charge in [0.1, 0.15) is 6.61 Å². The van der Waals surface area contributed by atoms with Crippen LogP contribution in [0.4, 0.5) is 10.6 Å². The summed E-state index contributed by atoms with van der Waals surface area (Å²) in [5.41, 5.74) is 3.78. The molecule has 1 aliphatic carbocycles. The van der Waals surface area contributed by atoms with E-state index >= 15 is 0 Å². The zero-order valence-corrected chi connectivity index (χ0v) is 16.2. The minimum Gasteiger partial charge on any atom is -0.476 e. The lowest BCUT2D eigenvalue weighted by molar-refractivity contribution is 0.0691. The summed E-state index contributed by atoms with van der Waals surface area (Å²) >= 11 is 11.5. The number of nitrogens with one attached hydrogen (secondary N) is 1. The number of aromatic nitrogens is 2. The molecule has 29 heavy (non-hydrogen) atoms. The van der Waals surface area contributed by atoms with Gasteiger partial charge in [-0.15, -0.1) is 0 Å². The lowest BCUT2D eigenvalue weighted by Crippen LogP contribution is -2.21. The topological polar surface area (TPSA) is 101 Å². The molecule has 0 saturated heterocycles. The van der Waals surface area contributed by atoms with Gasteiger partial charge in [-0.25, -0.2) is 19.6 Å². The predicted molar refractivity (Wildman–Crippen MR) is 108 cm³/mol. The van der Waals surface area contributed by atoms with E-state index in [1.165, 1.54) is 0 Å². The summed E-state index contributed by atoms with van der Waals surface area (Å²) < 4.78 is 5.36. The number of carboxylic acid groups (broad SMARTS) is 1. The second-order valence-electron chi connectivity index (χ2n) is 6.26. The highest BCUT2D eigenvalue weighted by molar-refractivity contribution is 6.40. The highest BCUT2D eigenvalue weighted by Gasteiger charge is 2.29. The summed E-state index contributed by atoms with van der Waals surface area (Å²) in [5.74, 6) is -1.89.